The van der Waals surface area contributed by atoms with Gasteiger partial charge in [-0.25, -0.2) is 0 Å². The van der Waals surface area contributed by atoms with Crippen molar-refractivity contribution in [2.75, 3.05) is 6.54 Å². The van der Waals surface area contributed by atoms with Crippen LogP contribution < -0.4 is 5.32 Å². The summed E-state index contributed by atoms with van der Waals surface area (Å²) in [6, 6.07) is 4.73. The summed E-state index contributed by atoms with van der Waals surface area (Å²) in [6.45, 7) is 6.44. The summed E-state index contributed by atoms with van der Waals surface area (Å²) >= 11 is 1.77. The van der Waals surface area contributed by atoms with E-state index in [-0.39, 0.29) is 0 Å². The molecule has 1 atom stereocenters. The Hall–Kier alpha value is -1.13. The van der Waals surface area contributed by atoms with Crippen LogP contribution in [0, 0.1) is 0 Å². The van der Waals surface area contributed by atoms with Crippen LogP contribution in [0.25, 0.3) is 0 Å². The summed E-state index contributed by atoms with van der Waals surface area (Å²) < 4.78 is 2.14. The SMILES string of the molecule is CCCNC(Cc1ccsc1)c1ccnn1CCC. The standard InChI is InChI=1S/C15H23N3S/c1-3-7-16-14(11-13-6-10-19-12-13)15-5-8-17-18(15)9-4-2/h5-6,8,10,12,14,16H,3-4,7,9,11H2,1-2H3. The molecule has 0 amide bonds. The molecule has 19 heavy (non-hydrogen) atoms. The van der Waals surface area contributed by atoms with E-state index in [1.165, 1.54) is 11.3 Å². The Bertz CT molecular complexity index is 461. The first-order valence-corrected chi connectivity index (χ1v) is 8.05. The number of nitrogens with zero attached hydrogens (tertiary/aromatic N) is 2. The molecule has 2 rings (SSSR count). The van der Waals surface area contributed by atoms with Crippen molar-refractivity contribution < 1.29 is 0 Å². The molecule has 0 radical (unpaired) electrons. The fraction of sp³-hybridized carbons (Fsp3) is 0.533. The van der Waals surface area contributed by atoms with Gasteiger partial charge < -0.3 is 5.32 Å². The molecule has 0 spiro atoms. The largest absolute Gasteiger partial charge is 0.308 e. The van der Waals surface area contributed by atoms with E-state index in [2.05, 4.69) is 51.8 Å². The van der Waals surface area contributed by atoms with Crippen LogP contribution in [-0.4, -0.2) is 16.3 Å². The van der Waals surface area contributed by atoms with Gasteiger partial charge in [-0.05, 0) is 54.3 Å². The molecule has 0 aliphatic heterocycles. The van der Waals surface area contributed by atoms with Crippen LogP contribution in [0.3, 0.4) is 0 Å². The summed E-state index contributed by atoms with van der Waals surface area (Å²) in [6.07, 6.45) is 5.23. The Morgan fingerprint density at radius 3 is 2.89 bits per heavy atom. The predicted molar refractivity (Wildman–Crippen MR) is 81.6 cm³/mol. The van der Waals surface area contributed by atoms with E-state index < -0.39 is 0 Å². The van der Waals surface area contributed by atoms with Crippen LogP contribution in [0.5, 0.6) is 0 Å². The summed E-state index contributed by atoms with van der Waals surface area (Å²) in [7, 11) is 0. The second kappa shape index (κ2) is 7.46. The van der Waals surface area contributed by atoms with Gasteiger partial charge in [-0.2, -0.15) is 16.4 Å². The molecule has 0 aliphatic carbocycles. The topological polar surface area (TPSA) is 29.9 Å². The molecule has 2 heterocycles. The van der Waals surface area contributed by atoms with Gasteiger partial charge in [0.1, 0.15) is 0 Å². The molecule has 1 N–H and O–H groups in total. The third-order valence-corrected chi connectivity index (χ3v) is 3.93. The van der Waals surface area contributed by atoms with Crippen LogP contribution in [0.15, 0.2) is 29.1 Å². The molecule has 2 aromatic rings. The summed E-state index contributed by atoms with van der Waals surface area (Å²) in [5, 5.41) is 12.5. The van der Waals surface area contributed by atoms with Crippen LogP contribution in [0.1, 0.15) is 44.0 Å². The van der Waals surface area contributed by atoms with Crippen molar-refractivity contribution in [3.8, 4) is 0 Å². The zero-order chi connectivity index (χ0) is 13.5. The molecule has 0 saturated carbocycles. The van der Waals surface area contributed by atoms with Gasteiger partial charge in [-0.3, -0.25) is 4.68 Å². The zero-order valence-electron chi connectivity index (χ0n) is 11.8. The van der Waals surface area contributed by atoms with Gasteiger partial charge in [0.05, 0.1) is 11.7 Å². The maximum atomic E-state index is 4.44. The first kappa shape index (κ1) is 14.3. The third kappa shape index (κ3) is 3.91. The molecular weight excluding hydrogens is 254 g/mol. The predicted octanol–water partition coefficient (Wildman–Crippen LogP) is 3.64. The smallest absolute Gasteiger partial charge is 0.0556 e. The molecule has 0 fully saturated rings. The highest BCUT2D eigenvalue weighted by molar-refractivity contribution is 7.07. The minimum atomic E-state index is 0.364. The van der Waals surface area contributed by atoms with Crippen molar-refractivity contribution in [1.29, 1.82) is 0 Å². The lowest BCUT2D eigenvalue weighted by Gasteiger charge is -2.19. The molecule has 0 bridgehead atoms. The molecule has 0 saturated heterocycles. The number of aryl methyl sites for hydroxylation is 1. The summed E-state index contributed by atoms with van der Waals surface area (Å²) in [5.41, 5.74) is 2.71. The molecule has 4 heteroatoms. The Labute approximate surface area is 119 Å². The molecule has 3 nitrogen and oxygen atoms in total. The van der Waals surface area contributed by atoms with E-state index >= 15 is 0 Å². The number of rotatable bonds is 8. The highest BCUT2D eigenvalue weighted by atomic mass is 32.1. The maximum Gasteiger partial charge on any atom is 0.0556 e. The molecule has 0 aliphatic rings. The van der Waals surface area contributed by atoms with E-state index in [1.54, 1.807) is 11.3 Å². The van der Waals surface area contributed by atoms with E-state index in [9.17, 15) is 0 Å². The number of thiophene rings is 1. The Morgan fingerprint density at radius 2 is 2.21 bits per heavy atom. The van der Waals surface area contributed by atoms with Gasteiger partial charge in [-0.15, -0.1) is 0 Å². The quantitative estimate of drug-likeness (QED) is 0.798. The van der Waals surface area contributed by atoms with Crippen molar-refractivity contribution in [1.82, 2.24) is 15.1 Å². The highest BCUT2D eigenvalue weighted by Gasteiger charge is 2.16. The van der Waals surface area contributed by atoms with Gasteiger partial charge >= 0.3 is 0 Å². The number of hydrogen-bond acceptors (Lipinski definition) is 3. The minimum Gasteiger partial charge on any atom is -0.308 e. The lowest BCUT2D eigenvalue weighted by molar-refractivity contribution is 0.469. The van der Waals surface area contributed by atoms with Crippen LogP contribution >= 0.6 is 11.3 Å². The van der Waals surface area contributed by atoms with Gasteiger partial charge in [0.25, 0.3) is 0 Å². The minimum absolute atomic E-state index is 0.364. The third-order valence-electron chi connectivity index (χ3n) is 3.20. The highest BCUT2D eigenvalue weighted by Crippen LogP contribution is 2.20. The normalized spacial score (nSPS) is 12.7. The van der Waals surface area contributed by atoms with E-state index in [4.69, 9.17) is 0 Å². The van der Waals surface area contributed by atoms with Crippen molar-refractivity contribution >= 4 is 11.3 Å². The van der Waals surface area contributed by atoms with Gasteiger partial charge in [0.15, 0.2) is 0 Å². The fourth-order valence-corrected chi connectivity index (χ4v) is 2.96. The van der Waals surface area contributed by atoms with E-state index in [0.717, 1.165) is 32.4 Å². The fourth-order valence-electron chi connectivity index (χ4n) is 2.28. The van der Waals surface area contributed by atoms with Crippen molar-refractivity contribution in [3.05, 3.63) is 40.3 Å². The summed E-state index contributed by atoms with van der Waals surface area (Å²) in [4.78, 5) is 0. The second-order valence-corrected chi connectivity index (χ2v) is 5.60. The molecule has 2 aromatic heterocycles. The average molecular weight is 277 g/mol. The summed E-state index contributed by atoms with van der Waals surface area (Å²) in [5.74, 6) is 0. The van der Waals surface area contributed by atoms with Gasteiger partial charge in [0, 0.05) is 12.7 Å². The van der Waals surface area contributed by atoms with Crippen LogP contribution in [-0.2, 0) is 13.0 Å². The second-order valence-electron chi connectivity index (χ2n) is 4.82. The molecular formula is C15H23N3S. The Kier molecular flexibility index (Phi) is 5.61. The van der Waals surface area contributed by atoms with Gasteiger partial charge in [-0.1, -0.05) is 13.8 Å². The molecule has 1 unspecified atom stereocenters. The monoisotopic (exact) mass is 277 g/mol. The first-order valence-electron chi connectivity index (χ1n) is 7.11. The van der Waals surface area contributed by atoms with E-state index in [0.29, 0.717) is 6.04 Å². The molecule has 0 aromatic carbocycles. The average Bonchev–Trinajstić information content (AvgIpc) is 3.06. The van der Waals surface area contributed by atoms with Crippen molar-refractivity contribution in [2.45, 2.75) is 45.7 Å². The molecule has 104 valence electrons. The number of nitrogens with one attached hydrogen (secondary N) is 1. The van der Waals surface area contributed by atoms with E-state index in [1.807, 2.05) is 6.20 Å². The van der Waals surface area contributed by atoms with Crippen molar-refractivity contribution in [2.24, 2.45) is 0 Å². The zero-order valence-corrected chi connectivity index (χ0v) is 12.6. The maximum absolute atomic E-state index is 4.44. The van der Waals surface area contributed by atoms with Crippen LogP contribution in [0.4, 0.5) is 0 Å². The lowest BCUT2D eigenvalue weighted by Crippen LogP contribution is -2.26. The first-order chi connectivity index (χ1) is 9.35. The van der Waals surface area contributed by atoms with Crippen molar-refractivity contribution in [3.63, 3.8) is 0 Å². The number of hydrogen-bond donors (Lipinski definition) is 1. The van der Waals surface area contributed by atoms with Gasteiger partial charge in [0.2, 0.25) is 0 Å². The Morgan fingerprint density at radius 1 is 1.32 bits per heavy atom. The number of aromatic nitrogens is 2. The van der Waals surface area contributed by atoms with Crippen LogP contribution in [0.2, 0.25) is 0 Å². The lowest BCUT2D eigenvalue weighted by atomic mass is 10.1. The Balaban J connectivity index is 2.13.